The van der Waals surface area contributed by atoms with Gasteiger partial charge >= 0.3 is 0 Å². The van der Waals surface area contributed by atoms with Gasteiger partial charge in [-0.25, -0.2) is 0 Å². The van der Waals surface area contributed by atoms with Crippen molar-refractivity contribution in [2.24, 2.45) is 0 Å². The van der Waals surface area contributed by atoms with Crippen molar-refractivity contribution in [2.75, 3.05) is 39.4 Å². The second kappa shape index (κ2) is 7.45. The third-order valence-electron chi connectivity index (χ3n) is 3.83. The van der Waals surface area contributed by atoms with E-state index in [2.05, 4.69) is 40.8 Å². The smallest absolute Gasteiger partial charge is 0.221 e. The van der Waals surface area contributed by atoms with Crippen LogP contribution in [0.4, 0.5) is 0 Å². The molecular formula is C15H25N3O2. The maximum Gasteiger partial charge on any atom is 0.221 e. The number of aryl methyl sites for hydroxylation is 2. The van der Waals surface area contributed by atoms with Crippen LogP contribution in [0, 0.1) is 13.8 Å². The summed E-state index contributed by atoms with van der Waals surface area (Å²) in [6.45, 7) is 10.1. The van der Waals surface area contributed by atoms with Crippen LogP contribution in [-0.4, -0.2) is 54.8 Å². The Bertz CT molecular complexity index is 417. The molecule has 1 amide bonds. The minimum absolute atomic E-state index is 0.130. The van der Waals surface area contributed by atoms with Crippen molar-refractivity contribution in [1.82, 2.24) is 14.8 Å². The van der Waals surface area contributed by atoms with Crippen molar-refractivity contribution >= 4 is 5.91 Å². The molecule has 1 saturated heterocycles. The Labute approximate surface area is 120 Å². The zero-order chi connectivity index (χ0) is 14.4. The molecule has 1 aromatic heterocycles. The summed E-state index contributed by atoms with van der Waals surface area (Å²) in [4.78, 5) is 14.2. The van der Waals surface area contributed by atoms with E-state index < -0.39 is 0 Å². The van der Waals surface area contributed by atoms with E-state index >= 15 is 0 Å². The van der Waals surface area contributed by atoms with E-state index in [4.69, 9.17) is 4.74 Å². The number of nitrogens with zero attached hydrogens (tertiary/aromatic N) is 2. The molecule has 2 heterocycles. The Morgan fingerprint density at radius 3 is 2.50 bits per heavy atom. The van der Waals surface area contributed by atoms with Gasteiger partial charge < -0.3 is 14.6 Å². The van der Waals surface area contributed by atoms with Crippen LogP contribution >= 0.6 is 0 Å². The van der Waals surface area contributed by atoms with Crippen LogP contribution in [0.15, 0.2) is 12.1 Å². The molecular weight excluding hydrogens is 254 g/mol. The van der Waals surface area contributed by atoms with E-state index in [1.54, 1.807) is 0 Å². The first-order chi connectivity index (χ1) is 9.66. The Hall–Kier alpha value is -1.33. The molecule has 0 unspecified atom stereocenters. The Morgan fingerprint density at radius 1 is 1.20 bits per heavy atom. The lowest BCUT2D eigenvalue weighted by Gasteiger charge is -2.26. The summed E-state index contributed by atoms with van der Waals surface area (Å²) >= 11 is 0. The normalized spacial score (nSPS) is 16.3. The Morgan fingerprint density at radius 2 is 1.85 bits per heavy atom. The van der Waals surface area contributed by atoms with Crippen LogP contribution in [0.3, 0.4) is 0 Å². The monoisotopic (exact) mass is 279 g/mol. The van der Waals surface area contributed by atoms with Gasteiger partial charge in [0, 0.05) is 50.5 Å². The third kappa shape index (κ3) is 4.35. The maximum absolute atomic E-state index is 11.8. The topological polar surface area (TPSA) is 46.5 Å². The lowest BCUT2D eigenvalue weighted by Crippen LogP contribution is -2.41. The quantitative estimate of drug-likeness (QED) is 0.843. The molecule has 5 heteroatoms. The molecule has 1 aromatic rings. The summed E-state index contributed by atoms with van der Waals surface area (Å²) in [5, 5.41) is 3.00. The van der Waals surface area contributed by atoms with Gasteiger partial charge in [-0.15, -0.1) is 0 Å². The maximum atomic E-state index is 11.8. The van der Waals surface area contributed by atoms with E-state index in [9.17, 15) is 4.79 Å². The van der Waals surface area contributed by atoms with Crippen molar-refractivity contribution in [3.05, 3.63) is 23.5 Å². The minimum atomic E-state index is 0.130. The zero-order valence-corrected chi connectivity index (χ0v) is 12.5. The predicted octanol–water partition coefficient (Wildman–Crippen LogP) is 0.943. The molecule has 1 N–H and O–H groups in total. The van der Waals surface area contributed by atoms with Crippen molar-refractivity contribution < 1.29 is 9.53 Å². The summed E-state index contributed by atoms with van der Waals surface area (Å²) in [5.74, 6) is 0.130. The van der Waals surface area contributed by atoms with E-state index in [1.807, 2.05) is 0 Å². The highest BCUT2D eigenvalue weighted by Gasteiger charge is 2.10. The van der Waals surface area contributed by atoms with Gasteiger partial charge in [0.2, 0.25) is 5.91 Å². The van der Waals surface area contributed by atoms with E-state index in [1.165, 1.54) is 11.4 Å². The van der Waals surface area contributed by atoms with Crippen LogP contribution in [0.1, 0.15) is 17.8 Å². The standard InChI is InChI=1S/C15H25N3O2/c1-13-3-4-14(2)18(13)7-5-15(19)16-6-8-17-9-11-20-12-10-17/h3-4H,5-12H2,1-2H3,(H,16,19). The highest BCUT2D eigenvalue weighted by atomic mass is 16.5. The van der Waals surface area contributed by atoms with Gasteiger partial charge in [0.25, 0.3) is 0 Å². The fourth-order valence-corrected chi connectivity index (χ4v) is 2.53. The van der Waals surface area contributed by atoms with Gasteiger partial charge in [0.1, 0.15) is 0 Å². The van der Waals surface area contributed by atoms with Gasteiger partial charge in [0.15, 0.2) is 0 Å². The van der Waals surface area contributed by atoms with Gasteiger partial charge in [-0.05, 0) is 26.0 Å². The number of morpholine rings is 1. The van der Waals surface area contributed by atoms with Gasteiger partial charge in [-0.3, -0.25) is 9.69 Å². The molecule has 0 spiro atoms. The first-order valence-electron chi connectivity index (χ1n) is 7.36. The van der Waals surface area contributed by atoms with Gasteiger partial charge in [-0.2, -0.15) is 0 Å². The predicted molar refractivity (Wildman–Crippen MR) is 78.8 cm³/mol. The molecule has 112 valence electrons. The Balaban J connectivity index is 1.63. The average molecular weight is 279 g/mol. The fourth-order valence-electron chi connectivity index (χ4n) is 2.53. The molecule has 1 fully saturated rings. The molecule has 1 aliphatic heterocycles. The van der Waals surface area contributed by atoms with E-state index in [-0.39, 0.29) is 5.91 Å². The SMILES string of the molecule is Cc1ccc(C)n1CCC(=O)NCCN1CCOCC1. The van der Waals surface area contributed by atoms with Crippen LogP contribution < -0.4 is 5.32 Å². The number of rotatable bonds is 6. The zero-order valence-electron chi connectivity index (χ0n) is 12.5. The molecule has 0 atom stereocenters. The molecule has 0 aliphatic carbocycles. The Kier molecular flexibility index (Phi) is 5.61. The number of aromatic nitrogens is 1. The molecule has 0 saturated carbocycles. The number of carbonyl (C=O) groups excluding carboxylic acids is 1. The number of ether oxygens (including phenoxy) is 1. The van der Waals surface area contributed by atoms with E-state index in [0.717, 1.165) is 45.9 Å². The fraction of sp³-hybridized carbons (Fsp3) is 0.667. The van der Waals surface area contributed by atoms with Crippen LogP contribution in [0.25, 0.3) is 0 Å². The molecule has 1 aliphatic rings. The summed E-state index contributed by atoms with van der Waals surface area (Å²) in [5.41, 5.74) is 2.42. The number of nitrogens with one attached hydrogen (secondary N) is 1. The molecule has 0 radical (unpaired) electrons. The number of hydrogen-bond donors (Lipinski definition) is 1. The van der Waals surface area contributed by atoms with Crippen molar-refractivity contribution in [3.8, 4) is 0 Å². The largest absolute Gasteiger partial charge is 0.379 e. The summed E-state index contributed by atoms with van der Waals surface area (Å²) < 4.78 is 7.48. The second-order valence-corrected chi connectivity index (χ2v) is 5.32. The highest BCUT2D eigenvalue weighted by molar-refractivity contribution is 5.75. The van der Waals surface area contributed by atoms with Gasteiger partial charge in [-0.1, -0.05) is 0 Å². The summed E-state index contributed by atoms with van der Waals surface area (Å²) in [6.07, 6.45) is 0.541. The van der Waals surface area contributed by atoms with Crippen molar-refractivity contribution in [2.45, 2.75) is 26.8 Å². The first kappa shape index (κ1) is 15.1. The lowest BCUT2D eigenvalue weighted by atomic mass is 10.3. The number of carbonyl (C=O) groups is 1. The van der Waals surface area contributed by atoms with E-state index in [0.29, 0.717) is 6.42 Å². The van der Waals surface area contributed by atoms with Crippen LogP contribution in [-0.2, 0) is 16.1 Å². The summed E-state index contributed by atoms with van der Waals surface area (Å²) in [6, 6.07) is 4.18. The molecule has 2 rings (SSSR count). The highest BCUT2D eigenvalue weighted by Crippen LogP contribution is 2.07. The molecule has 0 aromatic carbocycles. The third-order valence-corrected chi connectivity index (χ3v) is 3.83. The first-order valence-corrected chi connectivity index (χ1v) is 7.36. The molecule has 20 heavy (non-hydrogen) atoms. The van der Waals surface area contributed by atoms with Crippen LogP contribution in [0.2, 0.25) is 0 Å². The van der Waals surface area contributed by atoms with Crippen LogP contribution in [0.5, 0.6) is 0 Å². The minimum Gasteiger partial charge on any atom is -0.379 e. The molecule has 5 nitrogen and oxygen atoms in total. The lowest BCUT2D eigenvalue weighted by molar-refractivity contribution is -0.121. The number of hydrogen-bond acceptors (Lipinski definition) is 3. The van der Waals surface area contributed by atoms with Gasteiger partial charge in [0.05, 0.1) is 13.2 Å². The van der Waals surface area contributed by atoms with Crippen molar-refractivity contribution in [3.63, 3.8) is 0 Å². The number of amides is 1. The van der Waals surface area contributed by atoms with Crippen molar-refractivity contribution in [1.29, 1.82) is 0 Å². The summed E-state index contributed by atoms with van der Waals surface area (Å²) in [7, 11) is 0. The molecule has 0 bridgehead atoms. The average Bonchev–Trinajstić information content (AvgIpc) is 2.77. The second-order valence-electron chi connectivity index (χ2n) is 5.32.